The molecule has 4 aromatic heterocycles. The zero-order chi connectivity index (χ0) is 17.6. The molecule has 4 heterocycles. The van der Waals surface area contributed by atoms with Gasteiger partial charge in [-0.1, -0.05) is 6.07 Å². The topological polar surface area (TPSA) is 64.2 Å². The second-order valence-electron chi connectivity index (χ2n) is 5.93. The van der Waals surface area contributed by atoms with E-state index in [0.717, 1.165) is 22.6 Å². The predicted octanol–water partition coefficient (Wildman–Crippen LogP) is 3.67. The fraction of sp³-hybridized carbons (Fsp3) is 0.167. The van der Waals surface area contributed by atoms with Gasteiger partial charge in [-0.2, -0.15) is 0 Å². The second kappa shape index (κ2) is 5.86. The van der Waals surface area contributed by atoms with Gasteiger partial charge < -0.3 is 8.97 Å². The molecule has 0 aromatic carbocycles. The highest BCUT2D eigenvalue weighted by atomic mass is 32.1. The number of rotatable bonds is 3. The van der Waals surface area contributed by atoms with E-state index < -0.39 is 0 Å². The second-order valence-corrected chi connectivity index (χ2v) is 6.79. The van der Waals surface area contributed by atoms with Gasteiger partial charge in [-0.15, -0.1) is 11.3 Å². The number of imidazole rings is 1. The Hall–Kier alpha value is -2.93. The number of hydrogen-bond acceptors (Lipinski definition) is 4. The number of aryl methyl sites for hydroxylation is 1. The molecule has 0 radical (unpaired) electrons. The molecule has 0 fully saturated rings. The van der Waals surface area contributed by atoms with Crippen LogP contribution in [0, 0.1) is 13.8 Å². The van der Waals surface area contributed by atoms with Gasteiger partial charge in [-0.25, -0.2) is 9.97 Å². The Morgan fingerprint density at radius 1 is 1.24 bits per heavy atom. The van der Waals surface area contributed by atoms with Crippen LogP contribution in [0.15, 0.2) is 42.0 Å². The highest BCUT2D eigenvalue weighted by molar-refractivity contribution is 7.14. The Balaban J connectivity index is 1.58. The summed E-state index contributed by atoms with van der Waals surface area (Å²) in [6.07, 6.45) is 3.57. The summed E-state index contributed by atoms with van der Waals surface area (Å²) >= 11 is 1.41. The molecule has 4 rings (SSSR count). The first-order valence-corrected chi connectivity index (χ1v) is 8.75. The molecule has 0 aliphatic carbocycles. The number of nitrogens with one attached hydrogen (secondary N) is 1. The smallest absolute Gasteiger partial charge is 0.277 e. The van der Waals surface area contributed by atoms with Gasteiger partial charge in [0.15, 0.2) is 5.13 Å². The van der Waals surface area contributed by atoms with Gasteiger partial charge in [0.2, 0.25) is 0 Å². The third-order valence-electron chi connectivity index (χ3n) is 4.37. The van der Waals surface area contributed by atoms with Gasteiger partial charge in [0.25, 0.3) is 5.91 Å². The Morgan fingerprint density at radius 2 is 2.08 bits per heavy atom. The SMILES string of the molecule is Cc1cc(-c2csc(NC(=O)c3cn4ccccc4n3)n2)c(C)n1C. The highest BCUT2D eigenvalue weighted by Gasteiger charge is 2.15. The first-order valence-electron chi connectivity index (χ1n) is 7.87. The molecular weight excluding hydrogens is 334 g/mol. The van der Waals surface area contributed by atoms with E-state index >= 15 is 0 Å². The monoisotopic (exact) mass is 351 g/mol. The molecule has 0 aliphatic heterocycles. The first-order chi connectivity index (χ1) is 12.0. The van der Waals surface area contributed by atoms with Crippen LogP contribution in [0.5, 0.6) is 0 Å². The molecule has 0 aliphatic rings. The molecule has 0 spiro atoms. The number of thiazole rings is 1. The van der Waals surface area contributed by atoms with Crippen LogP contribution in [0.3, 0.4) is 0 Å². The zero-order valence-electron chi connectivity index (χ0n) is 14.1. The van der Waals surface area contributed by atoms with E-state index in [2.05, 4.69) is 39.8 Å². The number of carbonyl (C=O) groups is 1. The average molecular weight is 351 g/mol. The largest absolute Gasteiger partial charge is 0.351 e. The summed E-state index contributed by atoms with van der Waals surface area (Å²) in [7, 11) is 2.03. The van der Waals surface area contributed by atoms with Crippen molar-refractivity contribution in [3.8, 4) is 11.3 Å². The quantitative estimate of drug-likeness (QED) is 0.612. The van der Waals surface area contributed by atoms with Crippen molar-refractivity contribution in [1.29, 1.82) is 0 Å². The Kier molecular flexibility index (Phi) is 3.65. The van der Waals surface area contributed by atoms with Crippen LogP contribution < -0.4 is 5.32 Å². The normalized spacial score (nSPS) is 11.2. The van der Waals surface area contributed by atoms with Crippen molar-refractivity contribution < 1.29 is 4.79 Å². The van der Waals surface area contributed by atoms with Gasteiger partial charge in [0, 0.05) is 41.8 Å². The fourth-order valence-electron chi connectivity index (χ4n) is 2.77. The number of nitrogens with zero attached hydrogens (tertiary/aromatic N) is 4. The Bertz CT molecular complexity index is 1060. The van der Waals surface area contributed by atoms with E-state index in [1.54, 1.807) is 6.20 Å². The van der Waals surface area contributed by atoms with E-state index in [0.29, 0.717) is 10.8 Å². The van der Waals surface area contributed by atoms with Gasteiger partial charge >= 0.3 is 0 Å². The van der Waals surface area contributed by atoms with Crippen LogP contribution in [-0.2, 0) is 7.05 Å². The summed E-state index contributed by atoms with van der Waals surface area (Å²) in [4.78, 5) is 21.3. The van der Waals surface area contributed by atoms with Gasteiger partial charge in [0.1, 0.15) is 11.3 Å². The van der Waals surface area contributed by atoms with Gasteiger partial charge in [-0.3, -0.25) is 10.1 Å². The number of fused-ring (bicyclic) bond motifs is 1. The number of aromatic nitrogens is 4. The molecule has 4 aromatic rings. The van der Waals surface area contributed by atoms with Crippen molar-refractivity contribution in [3.63, 3.8) is 0 Å². The van der Waals surface area contributed by atoms with Gasteiger partial charge in [-0.05, 0) is 32.0 Å². The summed E-state index contributed by atoms with van der Waals surface area (Å²) in [5.41, 5.74) is 5.40. The summed E-state index contributed by atoms with van der Waals surface area (Å²) < 4.78 is 3.95. The number of amides is 1. The number of hydrogen-bond donors (Lipinski definition) is 1. The van der Waals surface area contributed by atoms with Gasteiger partial charge in [0.05, 0.1) is 5.69 Å². The van der Waals surface area contributed by atoms with E-state index in [-0.39, 0.29) is 5.91 Å². The highest BCUT2D eigenvalue weighted by Crippen LogP contribution is 2.29. The maximum Gasteiger partial charge on any atom is 0.277 e. The molecule has 0 bridgehead atoms. The number of anilines is 1. The third-order valence-corrected chi connectivity index (χ3v) is 5.13. The van der Waals surface area contributed by atoms with E-state index in [1.165, 1.54) is 17.0 Å². The van der Waals surface area contributed by atoms with Crippen LogP contribution >= 0.6 is 11.3 Å². The third kappa shape index (κ3) is 2.72. The minimum atomic E-state index is -0.259. The van der Waals surface area contributed by atoms with Crippen molar-refractivity contribution in [2.45, 2.75) is 13.8 Å². The zero-order valence-corrected chi connectivity index (χ0v) is 15.0. The number of pyridine rings is 1. The lowest BCUT2D eigenvalue weighted by molar-refractivity contribution is 0.102. The molecule has 1 N–H and O–H groups in total. The van der Waals surface area contributed by atoms with Crippen molar-refractivity contribution >= 4 is 28.0 Å². The molecule has 0 unspecified atom stereocenters. The maximum absolute atomic E-state index is 12.4. The standard InChI is InChI=1S/C18H17N5OS/c1-11-8-13(12(2)22(11)3)15-10-25-18(20-15)21-17(24)14-9-23-7-5-4-6-16(23)19-14/h4-10H,1-3H3,(H,20,21,24). The molecule has 6 nitrogen and oxygen atoms in total. The molecule has 0 atom stereocenters. The lowest BCUT2D eigenvalue weighted by Crippen LogP contribution is -2.12. The molecule has 0 saturated heterocycles. The van der Waals surface area contributed by atoms with Crippen molar-refractivity contribution in [1.82, 2.24) is 18.9 Å². The van der Waals surface area contributed by atoms with Crippen molar-refractivity contribution in [3.05, 3.63) is 59.1 Å². The lowest BCUT2D eigenvalue weighted by Gasteiger charge is -2.00. The summed E-state index contributed by atoms with van der Waals surface area (Å²) in [5, 5.41) is 5.36. The molecule has 25 heavy (non-hydrogen) atoms. The maximum atomic E-state index is 12.4. The van der Waals surface area contributed by atoms with Crippen molar-refractivity contribution in [2.75, 3.05) is 5.32 Å². The van der Waals surface area contributed by atoms with Crippen LogP contribution in [-0.4, -0.2) is 24.8 Å². The minimum Gasteiger partial charge on any atom is -0.351 e. The van der Waals surface area contributed by atoms with Crippen LogP contribution in [0.2, 0.25) is 0 Å². The molecule has 7 heteroatoms. The first kappa shape index (κ1) is 15.6. The summed E-state index contributed by atoms with van der Waals surface area (Å²) in [5.74, 6) is -0.259. The number of carbonyl (C=O) groups excluding carboxylic acids is 1. The molecule has 0 saturated carbocycles. The van der Waals surface area contributed by atoms with Crippen LogP contribution in [0.1, 0.15) is 21.9 Å². The fourth-order valence-corrected chi connectivity index (χ4v) is 3.48. The Labute approximate surface area is 148 Å². The summed E-state index contributed by atoms with van der Waals surface area (Å²) in [6, 6.07) is 7.76. The average Bonchev–Trinajstić information content (AvgIpc) is 3.29. The molecule has 1 amide bonds. The van der Waals surface area contributed by atoms with E-state index in [1.807, 2.05) is 41.2 Å². The Morgan fingerprint density at radius 3 is 2.80 bits per heavy atom. The van der Waals surface area contributed by atoms with E-state index in [9.17, 15) is 4.79 Å². The molecule has 126 valence electrons. The van der Waals surface area contributed by atoms with Crippen LogP contribution in [0.25, 0.3) is 16.9 Å². The van der Waals surface area contributed by atoms with Crippen LogP contribution in [0.4, 0.5) is 5.13 Å². The van der Waals surface area contributed by atoms with E-state index in [4.69, 9.17) is 0 Å². The molecular formula is C18H17N5OS. The predicted molar refractivity (Wildman–Crippen MR) is 99.1 cm³/mol. The lowest BCUT2D eigenvalue weighted by atomic mass is 10.2. The minimum absolute atomic E-state index is 0.259. The van der Waals surface area contributed by atoms with Crippen molar-refractivity contribution in [2.24, 2.45) is 7.05 Å². The summed E-state index contributed by atoms with van der Waals surface area (Å²) in [6.45, 7) is 4.13.